The highest BCUT2D eigenvalue weighted by Crippen LogP contribution is 2.31. The van der Waals surface area contributed by atoms with Crippen molar-refractivity contribution >= 4 is 35.0 Å². The summed E-state index contributed by atoms with van der Waals surface area (Å²) in [6.45, 7) is 3.31. The zero-order valence-electron chi connectivity index (χ0n) is 14.8. The number of aryl methyl sites for hydroxylation is 1. The lowest BCUT2D eigenvalue weighted by atomic mass is 10.1. The maximum absolute atomic E-state index is 12.5. The number of aromatic nitrogens is 3. The normalized spacial score (nSPS) is 13.0. The Bertz CT molecular complexity index is 1110. The number of methoxy groups -OCH3 is 1. The Labute approximate surface area is 161 Å². The topological polar surface area (TPSA) is 102 Å². The largest absolute Gasteiger partial charge is 0.506 e. The molecule has 4 rings (SSSR count). The summed E-state index contributed by atoms with van der Waals surface area (Å²) in [6, 6.07) is 5.28. The molecule has 2 aromatic heterocycles. The number of hydrogen-bond donors (Lipinski definition) is 2. The van der Waals surface area contributed by atoms with E-state index in [1.165, 1.54) is 18.5 Å². The predicted octanol–water partition coefficient (Wildman–Crippen LogP) is 2.04. The van der Waals surface area contributed by atoms with Crippen molar-refractivity contribution in [1.29, 1.82) is 0 Å². The van der Waals surface area contributed by atoms with Gasteiger partial charge < -0.3 is 15.2 Å². The maximum Gasteiger partial charge on any atom is 0.281 e. The number of rotatable bonds is 2. The number of nitrogens with zero attached hydrogens (tertiary/aromatic N) is 4. The van der Waals surface area contributed by atoms with Gasteiger partial charge in [0.2, 0.25) is 5.62 Å². The molecular weight excluding hydrogens is 370 g/mol. The third kappa shape index (κ3) is 3.19. The van der Waals surface area contributed by atoms with Crippen LogP contribution in [0.4, 0.5) is 5.82 Å². The minimum Gasteiger partial charge on any atom is -0.506 e. The molecule has 0 fully saturated rings. The number of carbonyl (C=O) groups excluding carboxylic acids is 1. The van der Waals surface area contributed by atoms with Crippen LogP contribution < -0.4 is 15.7 Å². The Kier molecular flexibility index (Phi) is 5.00. The Morgan fingerprint density at radius 2 is 2.19 bits per heavy atom. The lowest BCUT2D eigenvalue weighted by molar-refractivity contribution is 0.0995. The number of aromatic hydroxyl groups is 1. The van der Waals surface area contributed by atoms with Crippen LogP contribution in [0, 0.1) is 6.92 Å². The van der Waals surface area contributed by atoms with Gasteiger partial charge in [0.1, 0.15) is 22.8 Å². The molecule has 0 radical (unpaired) electrons. The van der Waals surface area contributed by atoms with Crippen molar-refractivity contribution in [2.24, 2.45) is 4.99 Å². The van der Waals surface area contributed by atoms with Gasteiger partial charge in [-0.15, -0.1) is 12.4 Å². The number of ether oxygens (including phenoxy) is 1. The highest BCUT2D eigenvalue weighted by Gasteiger charge is 2.19. The number of anilines is 1. The van der Waals surface area contributed by atoms with E-state index in [9.17, 15) is 9.90 Å². The van der Waals surface area contributed by atoms with Crippen LogP contribution in [-0.2, 0) is 6.54 Å². The van der Waals surface area contributed by atoms with Crippen molar-refractivity contribution in [2.75, 3.05) is 19.0 Å². The van der Waals surface area contributed by atoms with Crippen LogP contribution in [0.25, 0.3) is 10.9 Å². The van der Waals surface area contributed by atoms with Crippen molar-refractivity contribution in [1.82, 2.24) is 14.5 Å². The molecule has 0 saturated heterocycles. The molecule has 0 spiro atoms. The monoisotopic (exact) mass is 387 g/mol. The summed E-state index contributed by atoms with van der Waals surface area (Å²) >= 11 is 0. The summed E-state index contributed by atoms with van der Waals surface area (Å²) in [7, 11) is 1.59. The number of carbonyl (C=O) groups is 1. The van der Waals surface area contributed by atoms with Crippen LogP contribution in [0.1, 0.15) is 15.9 Å². The Hall–Kier alpha value is -3.13. The maximum atomic E-state index is 12.5. The molecule has 0 unspecified atom stereocenters. The van der Waals surface area contributed by atoms with E-state index in [2.05, 4.69) is 20.3 Å². The standard InChI is InChI=1S/C18H17N5O3.ClH/c1-10-3-4-13-14(15(10)26-2)21-18(23-6-5-20-16(13)23)22-17(25)11-7-12(24)9-19-8-11;/h3-4,7-9,20,24H,5-6H2,1-2H3;1H. The second-order valence-electron chi connectivity index (χ2n) is 6.00. The highest BCUT2D eigenvalue weighted by atomic mass is 35.5. The Morgan fingerprint density at radius 1 is 1.37 bits per heavy atom. The minimum absolute atomic E-state index is 0. The van der Waals surface area contributed by atoms with E-state index in [0.717, 1.165) is 23.3 Å². The summed E-state index contributed by atoms with van der Waals surface area (Å²) in [5.41, 5.74) is 2.08. The van der Waals surface area contributed by atoms with Crippen LogP contribution >= 0.6 is 12.4 Å². The lowest BCUT2D eigenvalue weighted by Gasteiger charge is -2.12. The molecule has 1 aliphatic heterocycles. The van der Waals surface area contributed by atoms with Crippen molar-refractivity contribution in [3.8, 4) is 11.5 Å². The van der Waals surface area contributed by atoms with Crippen LogP contribution in [0.2, 0.25) is 0 Å². The highest BCUT2D eigenvalue weighted by molar-refractivity contribution is 5.96. The number of nitrogens with one attached hydrogen (secondary N) is 1. The number of amides is 1. The Morgan fingerprint density at radius 3 is 2.93 bits per heavy atom. The van der Waals surface area contributed by atoms with Crippen LogP contribution in [0.15, 0.2) is 35.6 Å². The summed E-state index contributed by atoms with van der Waals surface area (Å²) in [5, 5.41) is 13.8. The van der Waals surface area contributed by atoms with E-state index in [4.69, 9.17) is 4.74 Å². The van der Waals surface area contributed by atoms with E-state index in [1.54, 1.807) is 7.11 Å². The summed E-state index contributed by atoms with van der Waals surface area (Å²) in [4.78, 5) is 25.1. The number of benzene rings is 1. The van der Waals surface area contributed by atoms with Gasteiger partial charge >= 0.3 is 0 Å². The molecule has 0 aliphatic carbocycles. The molecular formula is C18H18ClN5O3. The van der Waals surface area contributed by atoms with Gasteiger partial charge in [0.05, 0.1) is 18.9 Å². The molecule has 3 heterocycles. The first kappa shape index (κ1) is 18.7. The van der Waals surface area contributed by atoms with Gasteiger partial charge in [-0.25, -0.2) is 4.98 Å². The molecule has 1 aromatic carbocycles. The average molecular weight is 388 g/mol. The number of halogens is 1. The van der Waals surface area contributed by atoms with Gasteiger partial charge in [0, 0.05) is 24.7 Å². The van der Waals surface area contributed by atoms with Gasteiger partial charge in [-0.05, 0) is 24.6 Å². The number of pyridine rings is 1. The van der Waals surface area contributed by atoms with Crippen LogP contribution in [-0.4, -0.2) is 39.2 Å². The van der Waals surface area contributed by atoms with Crippen molar-refractivity contribution in [3.05, 3.63) is 47.3 Å². The van der Waals surface area contributed by atoms with E-state index in [0.29, 0.717) is 17.8 Å². The minimum atomic E-state index is -0.520. The average Bonchev–Trinajstić information content (AvgIpc) is 3.12. The summed E-state index contributed by atoms with van der Waals surface area (Å²) < 4.78 is 7.38. The van der Waals surface area contributed by atoms with Crippen LogP contribution in [0.5, 0.6) is 11.5 Å². The fourth-order valence-electron chi connectivity index (χ4n) is 3.11. The molecule has 0 saturated carbocycles. The van der Waals surface area contributed by atoms with E-state index >= 15 is 0 Å². The molecule has 140 valence electrons. The SMILES string of the molecule is COc1c(C)ccc2c3n(c(=NC(=O)c4cncc(O)c4)nc12)CCN3.Cl. The number of hydrogen-bond acceptors (Lipinski definition) is 6. The van der Waals surface area contributed by atoms with Crippen molar-refractivity contribution < 1.29 is 14.6 Å². The molecule has 0 atom stereocenters. The molecule has 1 amide bonds. The van der Waals surface area contributed by atoms with E-state index < -0.39 is 5.91 Å². The Balaban J connectivity index is 0.00000210. The lowest BCUT2D eigenvalue weighted by Crippen LogP contribution is -2.25. The van der Waals surface area contributed by atoms with Crippen molar-refractivity contribution in [2.45, 2.75) is 13.5 Å². The van der Waals surface area contributed by atoms with Crippen LogP contribution in [0.3, 0.4) is 0 Å². The van der Waals surface area contributed by atoms with Gasteiger partial charge in [-0.3, -0.25) is 14.3 Å². The summed E-state index contributed by atoms with van der Waals surface area (Å²) in [5.74, 6) is 0.902. The third-order valence-corrected chi connectivity index (χ3v) is 4.31. The molecule has 9 heteroatoms. The smallest absolute Gasteiger partial charge is 0.281 e. The molecule has 3 aromatic rings. The molecule has 0 bridgehead atoms. The number of fused-ring (bicyclic) bond motifs is 3. The molecule has 1 aliphatic rings. The molecule has 8 nitrogen and oxygen atoms in total. The van der Waals surface area contributed by atoms with E-state index in [1.807, 2.05) is 23.6 Å². The van der Waals surface area contributed by atoms with Gasteiger partial charge in [0.25, 0.3) is 5.91 Å². The fraction of sp³-hybridized carbons (Fsp3) is 0.222. The fourth-order valence-corrected chi connectivity index (χ4v) is 3.11. The second kappa shape index (κ2) is 7.24. The zero-order chi connectivity index (χ0) is 18.3. The first-order valence-corrected chi connectivity index (χ1v) is 8.13. The van der Waals surface area contributed by atoms with Gasteiger partial charge in [-0.2, -0.15) is 4.99 Å². The molecule has 2 N–H and O–H groups in total. The summed E-state index contributed by atoms with van der Waals surface area (Å²) in [6.07, 6.45) is 2.62. The van der Waals surface area contributed by atoms with E-state index in [-0.39, 0.29) is 29.3 Å². The van der Waals surface area contributed by atoms with Crippen molar-refractivity contribution in [3.63, 3.8) is 0 Å². The quantitative estimate of drug-likeness (QED) is 0.697. The zero-order valence-corrected chi connectivity index (χ0v) is 15.6. The first-order valence-electron chi connectivity index (χ1n) is 8.13. The second-order valence-corrected chi connectivity index (χ2v) is 6.00. The van der Waals surface area contributed by atoms with Gasteiger partial charge in [0.15, 0.2) is 0 Å². The molecule has 27 heavy (non-hydrogen) atoms. The first-order chi connectivity index (χ1) is 12.6. The third-order valence-electron chi connectivity index (χ3n) is 4.31. The van der Waals surface area contributed by atoms with Gasteiger partial charge in [-0.1, -0.05) is 6.07 Å². The predicted molar refractivity (Wildman–Crippen MR) is 103 cm³/mol.